The molecule has 3 aromatic rings. The van der Waals surface area contributed by atoms with E-state index in [2.05, 4.69) is 59.7 Å². The minimum atomic E-state index is -1.17. The van der Waals surface area contributed by atoms with Crippen molar-refractivity contribution in [1.82, 2.24) is 16.1 Å². The summed E-state index contributed by atoms with van der Waals surface area (Å²) in [5.74, 6) is -0.249. The third-order valence-corrected chi connectivity index (χ3v) is 8.10. The maximum Gasteiger partial charge on any atom is 0.337 e. The fourth-order valence-electron chi connectivity index (χ4n) is 4.51. The van der Waals surface area contributed by atoms with E-state index in [-0.39, 0.29) is 24.4 Å². The van der Waals surface area contributed by atoms with Crippen LogP contribution in [0.1, 0.15) is 46.9 Å². The predicted octanol–water partition coefficient (Wildman–Crippen LogP) is 4.85. The summed E-state index contributed by atoms with van der Waals surface area (Å²) < 4.78 is 23.9. The van der Waals surface area contributed by atoms with Crippen LogP contribution in [-0.2, 0) is 16.1 Å². The van der Waals surface area contributed by atoms with Gasteiger partial charge >= 0.3 is 18.0 Å². The first-order valence-electron chi connectivity index (χ1n) is 14.2. The molecule has 4 rings (SSSR count). The molecule has 47 heavy (non-hydrogen) atoms. The average Bonchev–Trinajstić information content (AvgIpc) is 3.03. The first-order valence-corrected chi connectivity index (χ1v) is 16.0. The standard InChI is InChI=1S/C32H32BrIN4O9/c1-4-45-25-13-21(28-27(31(42)44-3)17(2)36-32(43)37-28)9-10-24(25)46-16-26(39)38-35-14-19-11-22(33)29(23(34)12-19)47-15-18-5-7-20(8-6-18)30(40)41/h5-14,26,28,38-39H,4,15-16H2,1-3H3,(H,40,41)(H2,36,37,43)/b35-14-/t26-,28-/m1/s1. The molecule has 0 saturated heterocycles. The van der Waals surface area contributed by atoms with Gasteiger partial charge in [0.15, 0.2) is 17.7 Å². The first kappa shape index (κ1) is 35.5. The molecule has 1 heterocycles. The summed E-state index contributed by atoms with van der Waals surface area (Å²) >= 11 is 5.67. The van der Waals surface area contributed by atoms with Crippen molar-refractivity contribution in [2.75, 3.05) is 20.3 Å². The highest BCUT2D eigenvalue weighted by Gasteiger charge is 2.32. The molecule has 1 aliphatic heterocycles. The van der Waals surface area contributed by atoms with E-state index in [4.69, 9.17) is 24.1 Å². The molecule has 0 aliphatic carbocycles. The maximum absolute atomic E-state index is 12.5. The van der Waals surface area contributed by atoms with Crippen LogP contribution < -0.4 is 30.3 Å². The van der Waals surface area contributed by atoms with Gasteiger partial charge < -0.3 is 39.8 Å². The minimum Gasteiger partial charge on any atom is -0.490 e. The molecule has 5 N–H and O–H groups in total. The molecule has 0 spiro atoms. The third-order valence-electron chi connectivity index (χ3n) is 6.71. The second-order valence-electron chi connectivity index (χ2n) is 10.0. The largest absolute Gasteiger partial charge is 0.490 e. The summed E-state index contributed by atoms with van der Waals surface area (Å²) in [6, 6.07) is 13.9. The Balaban J connectivity index is 1.36. The van der Waals surface area contributed by atoms with Gasteiger partial charge in [0.2, 0.25) is 0 Å². The van der Waals surface area contributed by atoms with Gasteiger partial charge in [-0.25, -0.2) is 14.4 Å². The SMILES string of the molecule is CCOc1cc([C@H]2NC(=O)NC(C)=C2C(=O)OC)ccc1OC[C@@H](O)N/N=C\c1cc(Br)c(OCc2ccc(C(=O)O)cc2)c(I)c1. The lowest BCUT2D eigenvalue weighted by Gasteiger charge is -2.28. The van der Waals surface area contributed by atoms with Crippen molar-refractivity contribution in [2.45, 2.75) is 32.7 Å². The normalized spacial score (nSPS) is 15.0. The van der Waals surface area contributed by atoms with Crippen molar-refractivity contribution >= 4 is 62.7 Å². The maximum atomic E-state index is 12.5. The number of carboxylic acids is 1. The second-order valence-corrected chi connectivity index (χ2v) is 12.0. The third kappa shape index (κ3) is 9.36. The Morgan fingerprint density at radius 1 is 1.11 bits per heavy atom. The quantitative estimate of drug-likeness (QED) is 0.0497. The number of hydrogen-bond donors (Lipinski definition) is 5. The topological polar surface area (TPSA) is 177 Å². The van der Waals surface area contributed by atoms with Crippen LogP contribution in [0.2, 0.25) is 0 Å². The zero-order chi connectivity index (χ0) is 34.1. The number of ether oxygens (including phenoxy) is 4. The van der Waals surface area contributed by atoms with Gasteiger partial charge in [0.25, 0.3) is 0 Å². The van der Waals surface area contributed by atoms with Crippen LogP contribution in [0.3, 0.4) is 0 Å². The van der Waals surface area contributed by atoms with E-state index < -0.39 is 30.2 Å². The number of benzene rings is 3. The van der Waals surface area contributed by atoms with E-state index in [0.717, 1.165) is 14.7 Å². The van der Waals surface area contributed by atoms with Gasteiger partial charge in [-0.1, -0.05) is 18.2 Å². The van der Waals surface area contributed by atoms with Crippen molar-refractivity contribution in [1.29, 1.82) is 0 Å². The number of carbonyl (C=O) groups excluding carboxylic acids is 2. The molecule has 248 valence electrons. The van der Waals surface area contributed by atoms with E-state index in [1.807, 2.05) is 12.1 Å². The molecule has 0 unspecified atom stereocenters. The fourth-order valence-corrected chi connectivity index (χ4v) is 6.28. The molecule has 0 bridgehead atoms. The number of carboxylic acid groups (broad SMARTS) is 1. The summed E-state index contributed by atoms with van der Waals surface area (Å²) in [5, 5.41) is 29.0. The summed E-state index contributed by atoms with van der Waals surface area (Å²) in [7, 11) is 1.27. The van der Waals surface area contributed by atoms with Crippen molar-refractivity contribution < 1.29 is 43.5 Å². The number of urea groups is 1. The molecule has 0 aromatic heterocycles. The molecular formula is C32H32BrIN4O9. The Hall–Kier alpha value is -4.35. The Labute approximate surface area is 292 Å². The van der Waals surface area contributed by atoms with Gasteiger partial charge in [-0.3, -0.25) is 5.43 Å². The molecule has 2 amide bonds. The smallest absolute Gasteiger partial charge is 0.337 e. The number of aromatic carboxylic acids is 1. The number of hydrogen-bond acceptors (Lipinski definition) is 10. The number of halogens is 2. The lowest BCUT2D eigenvalue weighted by Crippen LogP contribution is -2.45. The molecular weight excluding hydrogens is 791 g/mol. The molecule has 13 nitrogen and oxygen atoms in total. The summed E-state index contributed by atoms with van der Waals surface area (Å²) in [6.07, 6.45) is 0.366. The molecule has 0 saturated carbocycles. The van der Waals surface area contributed by atoms with Crippen LogP contribution in [0.25, 0.3) is 0 Å². The lowest BCUT2D eigenvalue weighted by atomic mass is 9.95. The number of carbonyl (C=O) groups is 3. The van der Waals surface area contributed by atoms with Gasteiger partial charge in [0.1, 0.15) is 19.0 Å². The summed E-state index contributed by atoms with van der Waals surface area (Å²) in [5.41, 5.74) is 5.59. The number of nitrogens with one attached hydrogen (secondary N) is 3. The van der Waals surface area contributed by atoms with Crippen molar-refractivity contribution in [3.8, 4) is 17.2 Å². The van der Waals surface area contributed by atoms with Crippen LogP contribution in [0.4, 0.5) is 4.79 Å². The second kappa shape index (κ2) is 16.5. The van der Waals surface area contributed by atoms with E-state index in [0.29, 0.717) is 39.6 Å². The molecule has 1 aliphatic rings. The first-order chi connectivity index (χ1) is 22.5. The molecule has 0 fully saturated rings. The van der Waals surface area contributed by atoms with Crippen LogP contribution >= 0.6 is 38.5 Å². The number of esters is 1. The Morgan fingerprint density at radius 2 is 1.85 bits per heavy atom. The van der Waals surface area contributed by atoms with Crippen molar-refractivity contribution in [3.63, 3.8) is 0 Å². The predicted molar refractivity (Wildman–Crippen MR) is 184 cm³/mol. The highest BCUT2D eigenvalue weighted by molar-refractivity contribution is 14.1. The minimum absolute atomic E-state index is 0.172. The highest BCUT2D eigenvalue weighted by Crippen LogP contribution is 2.35. The number of methoxy groups -OCH3 is 1. The monoisotopic (exact) mass is 822 g/mol. The number of aliphatic hydroxyl groups excluding tert-OH is 1. The lowest BCUT2D eigenvalue weighted by molar-refractivity contribution is -0.136. The van der Waals surface area contributed by atoms with E-state index in [1.165, 1.54) is 25.5 Å². The Kier molecular flexibility index (Phi) is 12.4. The van der Waals surface area contributed by atoms with E-state index >= 15 is 0 Å². The van der Waals surface area contributed by atoms with Crippen LogP contribution in [0.15, 0.2) is 75.4 Å². The zero-order valence-corrected chi connectivity index (χ0v) is 29.2. The number of allylic oxidation sites excluding steroid dienone is 1. The van der Waals surface area contributed by atoms with Gasteiger partial charge in [-0.15, -0.1) is 0 Å². The van der Waals surface area contributed by atoms with Gasteiger partial charge in [0, 0.05) is 5.70 Å². The van der Waals surface area contributed by atoms with Crippen LogP contribution in [-0.4, -0.2) is 60.9 Å². The molecule has 0 radical (unpaired) electrons. The number of amides is 2. The molecule has 3 aromatic carbocycles. The highest BCUT2D eigenvalue weighted by atomic mass is 127. The Bertz CT molecular complexity index is 1680. The van der Waals surface area contributed by atoms with Crippen LogP contribution in [0, 0.1) is 3.57 Å². The summed E-state index contributed by atoms with van der Waals surface area (Å²) in [4.78, 5) is 35.7. The Morgan fingerprint density at radius 3 is 2.51 bits per heavy atom. The number of nitrogens with zero attached hydrogens (tertiary/aromatic N) is 1. The van der Waals surface area contributed by atoms with Crippen LogP contribution in [0.5, 0.6) is 17.2 Å². The van der Waals surface area contributed by atoms with Crippen molar-refractivity contribution in [2.24, 2.45) is 5.10 Å². The fraction of sp³-hybridized carbons (Fsp3) is 0.250. The van der Waals surface area contributed by atoms with Gasteiger partial charge in [-0.05, 0) is 105 Å². The van der Waals surface area contributed by atoms with E-state index in [1.54, 1.807) is 44.2 Å². The van der Waals surface area contributed by atoms with E-state index in [9.17, 15) is 19.5 Å². The van der Waals surface area contributed by atoms with Gasteiger partial charge in [-0.2, -0.15) is 5.10 Å². The van der Waals surface area contributed by atoms with Gasteiger partial charge in [0.05, 0.1) is 45.2 Å². The average molecular weight is 823 g/mol. The number of aliphatic hydroxyl groups is 1. The molecule has 15 heteroatoms. The number of rotatable bonds is 14. The zero-order valence-electron chi connectivity index (χ0n) is 25.5. The molecule has 2 atom stereocenters. The van der Waals surface area contributed by atoms with Crippen molar-refractivity contribution in [3.05, 3.63) is 96.2 Å². The summed E-state index contributed by atoms with van der Waals surface area (Å²) in [6.45, 7) is 3.82. The number of hydrazone groups is 1.